The summed E-state index contributed by atoms with van der Waals surface area (Å²) in [5.74, 6) is 0.256. The van der Waals surface area contributed by atoms with Crippen molar-refractivity contribution in [3.05, 3.63) is 102 Å². The zero-order valence-corrected chi connectivity index (χ0v) is 17.1. The SMILES string of the molecule is Cc1cc(Nc2cccc(C(=O)Nc3cccc(Nc4ccccc4)c3)c2)cc(N)n1. The van der Waals surface area contributed by atoms with Gasteiger partial charge in [-0.05, 0) is 61.5 Å². The minimum absolute atomic E-state index is 0.189. The first-order valence-corrected chi connectivity index (χ1v) is 9.90. The van der Waals surface area contributed by atoms with Gasteiger partial charge in [-0.3, -0.25) is 4.79 Å². The summed E-state index contributed by atoms with van der Waals surface area (Å²) < 4.78 is 0. The molecule has 0 aliphatic heterocycles. The first-order valence-electron chi connectivity index (χ1n) is 9.90. The zero-order valence-electron chi connectivity index (χ0n) is 17.1. The Labute approximate surface area is 181 Å². The molecule has 0 radical (unpaired) electrons. The van der Waals surface area contributed by atoms with Crippen LogP contribution in [0.2, 0.25) is 0 Å². The number of carbonyl (C=O) groups excluding carboxylic acids is 1. The minimum Gasteiger partial charge on any atom is -0.384 e. The van der Waals surface area contributed by atoms with Crippen molar-refractivity contribution < 1.29 is 4.79 Å². The summed E-state index contributed by atoms with van der Waals surface area (Å²) in [4.78, 5) is 17.0. The van der Waals surface area contributed by atoms with E-state index in [0.717, 1.165) is 28.4 Å². The highest BCUT2D eigenvalue weighted by molar-refractivity contribution is 6.05. The van der Waals surface area contributed by atoms with Crippen molar-refractivity contribution in [2.24, 2.45) is 0 Å². The number of rotatable bonds is 6. The first-order chi connectivity index (χ1) is 15.0. The molecule has 4 aromatic rings. The number of nitrogens with two attached hydrogens (primary N) is 1. The number of hydrogen-bond donors (Lipinski definition) is 4. The van der Waals surface area contributed by atoms with Crippen molar-refractivity contribution in [1.29, 1.82) is 0 Å². The predicted octanol–water partition coefficient (Wildman–Crippen LogP) is 5.71. The van der Waals surface area contributed by atoms with Crippen LogP contribution in [0.3, 0.4) is 0 Å². The second-order valence-corrected chi connectivity index (χ2v) is 7.15. The summed E-state index contributed by atoms with van der Waals surface area (Å²) in [7, 11) is 0. The standard InChI is InChI=1S/C25H23N5O/c1-17-13-23(16-24(26)27-17)29-20-10-5-7-18(14-20)25(31)30-22-12-6-11-21(15-22)28-19-8-3-2-4-9-19/h2-16,28H,1H3,(H,30,31)(H3,26,27,29). The molecule has 0 saturated heterocycles. The van der Waals surface area contributed by atoms with Crippen LogP contribution >= 0.6 is 0 Å². The summed E-state index contributed by atoms with van der Waals surface area (Å²) in [5.41, 5.74) is 11.4. The third kappa shape index (κ3) is 5.39. The zero-order chi connectivity index (χ0) is 21.6. The molecule has 0 fully saturated rings. The largest absolute Gasteiger partial charge is 0.384 e. The lowest BCUT2D eigenvalue weighted by molar-refractivity contribution is 0.102. The van der Waals surface area contributed by atoms with Crippen LogP contribution in [-0.2, 0) is 0 Å². The molecule has 0 spiro atoms. The van der Waals surface area contributed by atoms with Gasteiger partial charge in [0.25, 0.3) is 5.91 Å². The molecule has 6 heteroatoms. The molecule has 4 rings (SSSR count). The number of aromatic nitrogens is 1. The summed E-state index contributed by atoms with van der Waals surface area (Å²) in [6, 6.07) is 28.4. The van der Waals surface area contributed by atoms with Gasteiger partial charge in [0.15, 0.2) is 0 Å². The summed E-state index contributed by atoms with van der Waals surface area (Å²) in [5, 5.41) is 9.55. The van der Waals surface area contributed by atoms with E-state index in [-0.39, 0.29) is 5.91 Å². The smallest absolute Gasteiger partial charge is 0.255 e. The molecule has 0 atom stereocenters. The van der Waals surface area contributed by atoms with Crippen LogP contribution in [0.5, 0.6) is 0 Å². The highest BCUT2D eigenvalue weighted by Crippen LogP contribution is 2.22. The average molecular weight is 409 g/mol. The third-order valence-electron chi connectivity index (χ3n) is 4.57. The third-order valence-corrected chi connectivity index (χ3v) is 4.57. The van der Waals surface area contributed by atoms with Gasteiger partial charge in [0.2, 0.25) is 0 Å². The van der Waals surface area contributed by atoms with Crippen molar-refractivity contribution in [3.8, 4) is 0 Å². The molecule has 0 saturated carbocycles. The number of nitrogens with zero attached hydrogens (tertiary/aromatic N) is 1. The Bertz CT molecular complexity index is 1190. The fourth-order valence-electron chi connectivity index (χ4n) is 3.24. The van der Waals surface area contributed by atoms with Crippen LogP contribution < -0.4 is 21.7 Å². The molecule has 0 aliphatic carbocycles. The number of nitrogen functional groups attached to an aromatic ring is 1. The monoisotopic (exact) mass is 409 g/mol. The highest BCUT2D eigenvalue weighted by atomic mass is 16.1. The lowest BCUT2D eigenvalue weighted by Crippen LogP contribution is -2.12. The minimum atomic E-state index is -0.189. The summed E-state index contributed by atoms with van der Waals surface area (Å²) >= 11 is 0. The fourth-order valence-corrected chi connectivity index (χ4v) is 3.24. The van der Waals surface area contributed by atoms with Crippen LogP contribution in [0, 0.1) is 6.92 Å². The van der Waals surface area contributed by atoms with Gasteiger partial charge in [-0.15, -0.1) is 0 Å². The van der Waals surface area contributed by atoms with Gasteiger partial charge in [0.1, 0.15) is 5.82 Å². The number of nitrogens with one attached hydrogen (secondary N) is 3. The Morgan fingerprint density at radius 3 is 2.13 bits per heavy atom. The maximum Gasteiger partial charge on any atom is 0.255 e. The van der Waals surface area contributed by atoms with E-state index in [1.165, 1.54) is 0 Å². The fraction of sp³-hybridized carbons (Fsp3) is 0.0400. The number of benzene rings is 3. The number of hydrogen-bond acceptors (Lipinski definition) is 5. The maximum absolute atomic E-state index is 12.8. The number of pyridine rings is 1. The maximum atomic E-state index is 12.8. The normalized spacial score (nSPS) is 10.4. The van der Waals surface area contributed by atoms with Crippen LogP contribution in [0.25, 0.3) is 0 Å². The Balaban J connectivity index is 1.46. The molecule has 1 aromatic heterocycles. The molecule has 0 unspecified atom stereocenters. The van der Waals surface area contributed by atoms with Crippen LogP contribution in [-0.4, -0.2) is 10.9 Å². The Morgan fingerprint density at radius 1 is 0.710 bits per heavy atom. The van der Waals surface area contributed by atoms with E-state index in [9.17, 15) is 4.79 Å². The molecule has 0 aliphatic rings. The van der Waals surface area contributed by atoms with Gasteiger partial charge in [-0.1, -0.05) is 30.3 Å². The average Bonchev–Trinajstić information content (AvgIpc) is 2.74. The van der Waals surface area contributed by atoms with Gasteiger partial charge in [-0.25, -0.2) is 4.98 Å². The molecule has 6 nitrogen and oxygen atoms in total. The lowest BCUT2D eigenvalue weighted by Gasteiger charge is -2.11. The summed E-state index contributed by atoms with van der Waals surface area (Å²) in [6.07, 6.45) is 0. The van der Waals surface area contributed by atoms with Crippen LogP contribution in [0.1, 0.15) is 16.1 Å². The molecule has 1 heterocycles. The van der Waals surface area contributed by atoms with E-state index < -0.39 is 0 Å². The number of anilines is 6. The second kappa shape index (κ2) is 9.00. The van der Waals surface area contributed by atoms with E-state index in [4.69, 9.17) is 5.73 Å². The topological polar surface area (TPSA) is 92.1 Å². The van der Waals surface area contributed by atoms with Gasteiger partial charge in [0.05, 0.1) is 0 Å². The van der Waals surface area contributed by atoms with E-state index in [1.54, 1.807) is 18.2 Å². The van der Waals surface area contributed by atoms with Crippen molar-refractivity contribution in [2.45, 2.75) is 6.92 Å². The van der Waals surface area contributed by atoms with Gasteiger partial charge >= 0.3 is 0 Å². The predicted molar refractivity (Wildman–Crippen MR) is 127 cm³/mol. The molecule has 1 amide bonds. The number of amides is 1. The number of aryl methyl sites for hydroxylation is 1. The Kier molecular flexibility index (Phi) is 5.80. The Hall–Kier alpha value is -4.32. The molecule has 5 N–H and O–H groups in total. The molecule has 3 aromatic carbocycles. The quantitative estimate of drug-likeness (QED) is 0.327. The second-order valence-electron chi connectivity index (χ2n) is 7.15. The Morgan fingerprint density at radius 2 is 1.35 bits per heavy atom. The number of carbonyl (C=O) groups is 1. The van der Waals surface area contributed by atoms with Crippen molar-refractivity contribution in [1.82, 2.24) is 4.98 Å². The molecular formula is C25H23N5O. The van der Waals surface area contributed by atoms with E-state index >= 15 is 0 Å². The lowest BCUT2D eigenvalue weighted by atomic mass is 10.1. The van der Waals surface area contributed by atoms with E-state index in [2.05, 4.69) is 20.9 Å². The van der Waals surface area contributed by atoms with Crippen LogP contribution in [0.15, 0.2) is 91.0 Å². The number of para-hydroxylation sites is 1. The van der Waals surface area contributed by atoms with E-state index in [0.29, 0.717) is 17.1 Å². The molecule has 0 bridgehead atoms. The molecule has 31 heavy (non-hydrogen) atoms. The van der Waals surface area contributed by atoms with Crippen LogP contribution in [0.4, 0.5) is 34.3 Å². The van der Waals surface area contributed by atoms with E-state index in [1.807, 2.05) is 79.7 Å². The summed E-state index contributed by atoms with van der Waals surface area (Å²) in [6.45, 7) is 1.88. The van der Waals surface area contributed by atoms with Gasteiger partial charge < -0.3 is 21.7 Å². The van der Waals surface area contributed by atoms with Gasteiger partial charge in [0, 0.05) is 45.8 Å². The molecule has 154 valence electrons. The highest BCUT2D eigenvalue weighted by Gasteiger charge is 2.08. The van der Waals surface area contributed by atoms with Crippen molar-refractivity contribution in [3.63, 3.8) is 0 Å². The molecular weight excluding hydrogens is 386 g/mol. The van der Waals surface area contributed by atoms with Gasteiger partial charge in [-0.2, -0.15) is 0 Å². The van der Waals surface area contributed by atoms with Crippen molar-refractivity contribution >= 4 is 40.2 Å². The van der Waals surface area contributed by atoms with Crippen molar-refractivity contribution in [2.75, 3.05) is 21.7 Å². The first kappa shape index (κ1) is 20.0.